The number of nitrogens with zero attached hydrogens (tertiary/aromatic N) is 2. The van der Waals surface area contributed by atoms with E-state index in [1.807, 2.05) is 0 Å². The van der Waals surface area contributed by atoms with Crippen LogP contribution >= 0.6 is 11.3 Å². The number of anilines is 1. The van der Waals surface area contributed by atoms with Crippen LogP contribution < -0.4 is 16.0 Å². The minimum Gasteiger partial charge on any atom is -0.450 e. The Labute approximate surface area is 225 Å². The van der Waals surface area contributed by atoms with Crippen LogP contribution in [0.25, 0.3) is 0 Å². The van der Waals surface area contributed by atoms with Gasteiger partial charge in [0.1, 0.15) is 5.00 Å². The second kappa shape index (κ2) is 12.4. The van der Waals surface area contributed by atoms with Gasteiger partial charge in [-0.15, -0.1) is 11.3 Å². The number of hydrogen-bond donors (Lipinski definition) is 3. The molecule has 12 nitrogen and oxygen atoms in total. The van der Waals surface area contributed by atoms with E-state index in [-0.39, 0.29) is 34.2 Å². The van der Waals surface area contributed by atoms with Gasteiger partial charge in [0.15, 0.2) is 0 Å². The Kier molecular flexibility index (Phi) is 9.46. The maximum Gasteiger partial charge on any atom is 0.410 e. The minimum absolute atomic E-state index is 0.0639. The summed E-state index contributed by atoms with van der Waals surface area (Å²) in [6, 6.07) is 4.80. The number of urea groups is 1. The van der Waals surface area contributed by atoms with E-state index in [1.54, 1.807) is 20.8 Å². The van der Waals surface area contributed by atoms with Crippen LogP contribution in [0.15, 0.2) is 29.2 Å². The molecule has 3 rings (SSSR count). The number of benzene rings is 1. The monoisotopic (exact) mass is 565 g/mol. The largest absolute Gasteiger partial charge is 0.450 e. The normalized spacial score (nSPS) is 13.0. The molecule has 0 saturated carbocycles. The number of thiophene rings is 1. The Balaban J connectivity index is 1.90. The zero-order valence-electron chi connectivity index (χ0n) is 21.6. The van der Waals surface area contributed by atoms with Gasteiger partial charge in [0.2, 0.25) is 10.0 Å². The maximum absolute atomic E-state index is 13.1. The van der Waals surface area contributed by atoms with Crippen molar-refractivity contribution in [3.63, 3.8) is 0 Å². The highest BCUT2D eigenvalue weighted by atomic mass is 32.2. The van der Waals surface area contributed by atoms with Gasteiger partial charge in [-0.1, -0.05) is 13.8 Å². The van der Waals surface area contributed by atoms with Crippen LogP contribution in [0.5, 0.6) is 0 Å². The van der Waals surface area contributed by atoms with Gasteiger partial charge >= 0.3 is 12.1 Å². The molecule has 38 heavy (non-hydrogen) atoms. The first-order valence-electron chi connectivity index (χ1n) is 12.1. The number of amides is 5. The molecule has 0 bridgehead atoms. The molecule has 3 N–H and O–H groups in total. The lowest BCUT2D eigenvalue weighted by atomic mass is 10.0. The second-order valence-corrected chi connectivity index (χ2v) is 11.2. The quantitative estimate of drug-likeness (QED) is 0.445. The van der Waals surface area contributed by atoms with E-state index >= 15 is 0 Å². The number of hydrogen-bond acceptors (Lipinski definition) is 8. The van der Waals surface area contributed by atoms with E-state index in [1.165, 1.54) is 40.5 Å². The van der Waals surface area contributed by atoms with Crippen molar-refractivity contribution in [2.24, 2.45) is 0 Å². The predicted molar refractivity (Wildman–Crippen MR) is 142 cm³/mol. The van der Waals surface area contributed by atoms with Crippen molar-refractivity contribution in [2.45, 2.75) is 38.6 Å². The summed E-state index contributed by atoms with van der Waals surface area (Å²) in [7, 11) is -2.31. The molecule has 206 valence electrons. The van der Waals surface area contributed by atoms with Crippen molar-refractivity contribution in [3.8, 4) is 0 Å². The average molecular weight is 566 g/mol. The molecule has 0 fully saturated rings. The minimum atomic E-state index is -3.68. The number of carbonyl (C=O) groups excluding carboxylic acids is 4. The zero-order valence-corrected chi connectivity index (χ0v) is 23.3. The van der Waals surface area contributed by atoms with Gasteiger partial charge in [-0.3, -0.25) is 14.9 Å². The number of nitrogens with one attached hydrogen (secondary N) is 3. The van der Waals surface area contributed by atoms with Gasteiger partial charge in [-0.2, -0.15) is 4.31 Å². The van der Waals surface area contributed by atoms with Crippen LogP contribution in [-0.2, 0) is 27.7 Å². The molecule has 1 aromatic heterocycles. The second-order valence-electron chi connectivity index (χ2n) is 8.18. The third-order valence-electron chi connectivity index (χ3n) is 5.95. The standard InChI is InChI=1S/C24H31N5O7S2/c1-5-29(6-2)38(34,35)16-10-8-15(9-11-16)20(30)26-22-19(21(31)27-23(32)25-4)17-12-13-28(14-18(17)37-22)24(33)36-7-3/h8-11H,5-7,12-14H2,1-4H3,(H,26,30)(H2,25,27,31,32). The molecule has 0 saturated heterocycles. The van der Waals surface area contributed by atoms with Gasteiger partial charge in [-0.05, 0) is 43.2 Å². The number of rotatable bonds is 8. The molecule has 1 aliphatic rings. The molecular formula is C24H31N5O7S2. The molecule has 2 heterocycles. The van der Waals surface area contributed by atoms with Crippen molar-refractivity contribution in [1.82, 2.24) is 19.8 Å². The summed E-state index contributed by atoms with van der Waals surface area (Å²) in [6.07, 6.45) is -0.150. The molecular weight excluding hydrogens is 534 g/mol. The molecule has 0 spiro atoms. The van der Waals surface area contributed by atoms with Crippen LogP contribution in [0.1, 0.15) is 51.9 Å². The lowest BCUT2D eigenvalue weighted by Crippen LogP contribution is -2.39. The van der Waals surface area contributed by atoms with Gasteiger partial charge < -0.3 is 20.3 Å². The van der Waals surface area contributed by atoms with E-state index in [0.29, 0.717) is 36.5 Å². The lowest BCUT2D eigenvalue weighted by molar-refractivity contribution is 0.0963. The van der Waals surface area contributed by atoms with Gasteiger partial charge in [-0.25, -0.2) is 18.0 Å². The van der Waals surface area contributed by atoms with Crippen molar-refractivity contribution in [1.29, 1.82) is 0 Å². The summed E-state index contributed by atoms with van der Waals surface area (Å²) in [5.74, 6) is -1.26. The number of fused-ring (bicyclic) bond motifs is 1. The Morgan fingerprint density at radius 2 is 1.71 bits per heavy atom. The molecule has 0 unspecified atom stereocenters. The molecule has 5 amide bonds. The summed E-state index contributed by atoms with van der Waals surface area (Å²) < 4.78 is 31.9. The van der Waals surface area contributed by atoms with E-state index in [2.05, 4.69) is 16.0 Å². The molecule has 0 radical (unpaired) electrons. The fourth-order valence-electron chi connectivity index (χ4n) is 4.00. The van der Waals surface area contributed by atoms with E-state index in [0.717, 1.165) is 11.3 Å². The van der Waals surface area contributed by atoms with Gasteiger partial charge in [0, 0.05) is 37.1 Å². The molecule has 1 aromatic carbocycles. The third kappa shape index (κ3) is 6.14. The molecule has 14 heteroatoms. The maximum atomic E-state index is 13.1. The van der Waals surface area contributed by atoms with E-state index < -0.39 is 34.0 Å². The van der Waals surface area contributed by atoms with E-state index in [9.17, 15) is 27.6 Å². The van der Waals surface area contributed by atoms with Gasteiger partial charge in [0.05, 0.1) is 23.6 Å². The fraction of sp³-hybridized carbons (Fsp3) is 0.417. The van der Waals surface area contributed by atoms with Crippen molar-refractivity contribution in [3.05, 3.63) is 45.8 Å². The van der Waals surface area contributed by atoms with E-state index in [4.69, 9.17) is 4.74 Å². The molecule has 0 aliphatic carbocycles. The van der Waals surface area contributed by atoms with Crippen molar-refractivity contribution >= 4 is 50.3 Å². The SMILES string of the molecule is CCOC(=O)N1CCc2c(sc(NC(=O)c3ccc(S(=O)(=O)N(CC)CC)cc3)c2C(=O)NC(=O)NC)C1. The first-order valence-corrected chi connectivity index (χ1v) is 14.3. The Morgan fingerprint density at radius 3 is 2.29 bits per heavy atom. The summed E-state index contributed by atoms with van der Waals surface area (Å²) >= 11 is 1.13. The highest BCUT2D eigenvalue weighted by molar-refractivity contribution is 7.89. The molecule has 0 atom stereocenters. The Bertz CT molecular complexity index is 1320. The molecule has 1 aliphatic heterocycles. The van der Waals surface area contributed by atoms with Gasteiger partial charge in [0.25, 0.3) is 11.8 Å². The highest BCUT2D eigenvalue weighted by Gasteiger charge is 2.31. The summed E-state index contributed by atoms with van der Waals surface area (Å²) in [6.45, 7) is 6.55. The third-order valence-corrected chi connectivity index (χ3v) is 9.15. The smallest absolute Gasteiger partial charge is 0.410 e. The van der Waals surface area contributed by atoms with Crippen molar-refractivity contribution in [2.75, 3.05) is 38.6 Å². The average Bonchev–Trinajstić information content (AvgIpc) is 3.26. The zero-order chi connectivity index (χ0) is 28.0. The van der Waals surface area contributed by atoms with Crippen LogP contribution in [0.4, 0.5) is 14.6 Å². The summed E-state index contributed by atoms with van der Waals surface area (Å²) in [5, 5.41) is 7.48. The topological polar surface area (TPSA) is 154 Å². The number of imide groups is 1. The first-order chi connectivity index (χ1) is 18.1. The Morgan fingerprint density at radius 1 is 1.05 bits per heavy atom. The number of ether oxygens (including phenoxy) is 1. The Hall–Kier alpha value is -3.49. The van der Waals surface area contributed by atoms with Crippen molar-refractivity contribution < 1.29 is 32.3 Å². The van der Waals surface area contributed by atoms with Crippen LogP contribution in [0.2, 0.25) is 0 Å². The number of carbonyl (C=O) groups is 4. The lowest BCUT2D eigenvalue weighted by Gasteiger charge is -2.26. The van der Waals surface area contributed by atoms with Crippen LogP contribution in [0.3, 0.4) is 0 Å². The highest BCUT2D eigenvalue weighted by Crippen LogP contribution is 2.37. The fourth-order valence-corrected chi connectivity index (χ4v) is 6.71. The predicted octanol–water partition coefficient (Wildman–Crippen LogP) is 2.61. The van der Waals surface area contributed by atoms with Crippen LogP contribution in [0, 0.1) is 0 Å². The summed E-state index contributed by atoms with van der Waals surface area (Å²) in [5.41, 5.74) is 0.958. The summed E-state index contributed by atoms with van der Waals surface area (Å²) in [4.78, 5) is 52.4. The van der Waals surface area contributed by atoms with Crippen LogP contribution in [-0.4, -0.2) is 74.9 Å². The molecule has 2 aromatic rings. The number of sulfonamides is 1. The first kappa shape index (κ1) is 29.1.